The number of hydrogen-bond donors (Lipinski definition) is 1. The second kappa shape index (κ2) is 4.97. The van der Waals surface area contributed by atoms with Crippen LogP contribution in [0.1, 0.15) is 58.3 Å². The first-order chi connectivity index (χ1) is 10.0. The fraction of sp³-hybridized carbons (Fsp3) is 0.944. The summed E-state index contributed by atoms with van der Waals surface area (Å²) in [5, 5.41) is 9.47. The molecule has 5 fully saturated rings. The Balaban J connectivity index is 1.42. The molecule has 1 saturated heterocycles. The number of likely N-dealkylation sites (tertiary alicyclic amines) is 1. The highest BCUT2D eigenvalue weighted by Gasteiger charge is 2.51. The monoisotopic (exact) mass is 291 g/mol. The van der Waals surface area contributed by atoms with Gasteiger partial charge in [-0.1, -0.05) is 6.92 Å². The molecule has 1 aliphatic heterocycles. The average Bonchev–Trinajstić information content (AvgIpc) is 2.76. The minimum atomic E-state index is -0.606. The number of aliphatic carboxylic acids is 1. The molecule has 2 unspecified atom stereocenters. The third-order valence-electron chi connectivity index (χ3n) is 7.15. The van der Waals surface area contributed by atoms with Crippen LogP contribution in [0, 0.1) is 29.1 Å². The van der Waals surface area contributed by atoms with E-state index in [1.165, 1.54) is 44.9 Å². The van der Waals surface area contributed by atoms with Crippen molar-refractivity contribution in [3.63, 3.8) is 0 Å². The molecule has 5 aliphatic rings. The zero-order valence-electron chi connectivity index (χ0n) is 13.3. The lowest BCUT2D eigenvalue weighted by Crippen LogP contribution is -2.48. The molecule has 4 aliphatic carbocycles. The molecule has 0 spiro atoms. The summed E-state index contributed by atoms with van der Waals surface area (Å²) in [5.41, 5.74) is 0.587. The highest BCUT2D eigenvalue weighted by Crippen LogP contribution is 2.61. The lowest BCUT2D eigenvalue weighted by Gasteiger charge is -2.57. The number of carboxylic acid groups (broad SMARTS) is 1. The Morgan fingerprint density at radius 2 is 1.71 bits per heavy atom. The fourth-order valence-electron chi connectivity index (χ4n) is 6.65. The maximum Gasteiger partial charge on any atom is 0.321 e. The van der Waals surface area contributed by atoms with Gasteiger partial charge < -0.3 is 5.11 Å². The molecule has 0 aromatic heterocycles. The number of carbonyl (C=O) groups is 1. The Hall–Kier alpha value is -0.570. The Kier molecular flexibility index (Phi) is 3.33. The van der Waals surface area contributed by atoms with Crippen LogP contribution in [0.25, 0.3) is 0 Å². The van der Waals surface area contributed by atoms with Gasteiger partial charge in [-0.05, 0) is 93.5 Å². The SMILES string of the molecule is CC1CCN(CCC23CC4CC(CC(C4)C2)C3)C1C(=O)O. The molecule has 4 bridgehead atoms. The number of carboxylic acids is 1. The molecule has 3 nitrogen and oxygen atoms in total. The van der Waals surface area contributed by atoms with Gasteiger partial charge in [-0.3, -0.25) is 9.69 Å². The molecule has 2 atom stereocenters. The molecule has 1 heterocycles. The van der Waals surface area contributed by atoms with Gasteiger partial charge in [0.15, 0.2) is 0 Å². The van der Waals surface area contributed by atoms with E-state index < -0.39 is 5.97 Å². The van der Waals surface area contributed by atoms with E-state index in [0.717, 1.165) is 37.3 Å². The van der Waals surface area contributed by atoms with Crippen LogP contribution in [0.3, 0.4) is 0 Å². The van der Waals surface area contributed by atoms with Crippen molar-refractivity contribution in [3.8, 4) is 0 Å². The first kappa shape index (κ1) is 14.0. The molecule has 0 amide bonds. The number of nitrogens with zero attached hydrogens (tertiary/aromatic N) is 1. The molecule has 1 N–H and O–H groups in total. The van der Waals surface area contributed by atoms with Gasteiger partial charge >= 0.3 is 5.97 Å². The van der Waals surface area contributed by atoms with Crippen LogP contribution in [0.4, 0.5) is 0 Å². The topological polar surface area (TPSA) is 40.5 Å². The standard InChI is InChI=1S/C18H29NO2/c1-12-2-4-19(16(12)17(20)21)5-3-18-9-13-6-14(10-18)8-15(7-13)11-18/h12-16H,2-11H2,1H3,(H,20,21). The van der Waals surface area contributed by atoms with Crippen molar-refractivity contribution < 1.29 is 9.90 Å². The third-order valence-corrected chi connectivity index (χ3v) is 7.15. The average molecular weight is 291 g/mol. The zero-order valence-corrected chi connectivity index (χ0v) is 13.3. The minimum absolute atomic E-state index is 0.223. The lowest BCUT2D eigenvalue weighted by molar-refractivity contribution is -0.143. The molecule has 3 heteroatoms. The Bertz CT molecular complexity index is 398. The van der Waals surface area contributed by atoms with Crippen LogP contribution in [0.2, 0.25) is 0 Å². The van der Waals surface area contributed by atoms with Gasteiger partial charge in [0.25, 0.3) is 0 Å². The van der Waals surface area contributed by atoms with E-state index in [2.05, 4.69) is 11.8 Å². The number of hydrogen-bond acceptors (Lipinski definition) is 2. The fourth-order valence-corrected chi connectivity index (χ4v) is 6.65. The van der Waals surface area contributed by atoms with Crippen molar-refractivity contribution in [2.24, 2.45) is 29.1 Å². The van der Waals surface area contributed by atoms with Crippen molar-refractivity contribution in [1.82, 2.24) is 4.90 Å². The van der Waals surface area contributed by atoms with Gasteiger partial charge in [0.05, 0.1) is 0 Å². The third kappa shape index (κ3) is 2.42. The van der Waals surface area contributed by atoms with Gasteiger partial charge in [-0.2, -0.15) is 0 Å². The normalized spacial score (nSPS) is 48.9. The van der Waals surface area contributed by atoms with Gasteiger partial charge in [0.2, 0.25) is 0 Å². The molecule has 5 rings (SSSR count). The summed E-state index contributed by atoms with van der Waals surface area (Å²) in [5.74, 6) is 2.72. The van der Waals surface area contributed by atoms with Crippen molar-refractivity contribution in [3.05, 3.63) is 0 Å². The summed E-state index contributed by atoms with van der Waals surface area (Å²) in [4.78, 5) is 13.8. The Morgan fingerprint density at radius 3 is 2.24 bits per heavy atom. The van der Waals surface area contributed by atoms with Crippen LogP contribution in [0.15, 0.2) is 0 Å². The quantitative estimate of drug-likeness (QED) is 0.863. The number of rotatable bonds is 4. The first-order valence-corrected chi connectivity index (χ1v) is 9.01. The van der Waals surface area contributed by atoms with E-state index in [0.29, 0.717) is 11.3 Å². The first-order valence-electron chi connectivity index (χ1n) is 9.01. The van der Waals surface area contributed by atoms with E-state index in [9.17, 15) is 9.90 Å². The van der Waals surface area contributed by atoms with E-state index in [1.54, 1.807) is 0 Å². The van der Waals surface area contributed by atoms with Crippen molar-refractivity contribution in [2.45, 2.75) is 64.3 Å². The maximum atomic E-state index is 11.5. The van der Waals surface area contributed by atoms with Crippen molar-refractivity contribution >= 4 is 5.97 Å². The van der Waals surface area contributed by atoms with E-state index in [1.807, 2.05) is 0 Å². The second-order valence-corrected chi connectivity index (χ2v) is 8.75. The molecular weight excluding hydrogens is 262 g/mol. The Morgan fingerprint density at radius 1 is 1.14 bits per heavy atom. The largest absolute Gasteiger partial charge is 0.480 e. The van der Waals surface area contributed by atoms with Crippen LogP contribution in [-0.4, -0.2) is 35.1 Å². The zero-order chi connectivity index (χ0) is 14.6. The summed E-state index contributed by atoms with van der Waals surface area (Å²) in [6.45, 7) is 4.11. The predicted molar refractivity (Wildman–Crippen MR) is 82.0 cm³/mol. The molecule has 118 valence electrons. The lowest BCUT2D eigenvalue weighted by atomic mass is 9.49. The van der Waals surface area contributed by atoms with Crippen LogP contribution < -0.4 is 0 Å². The molecular formula is C18H29NO2. The van der Waals surface area contributed by atoms with E-state index in [4.69, 9.17) is 0 Å². The summed E-state index contributed by atoms with van der Waals surface area (Å²) in [6, 6.07) is -0.223. The van der Waals surface area contributed by atoms with Crippen LogP contribution >= 0.6 is 0 Å². The summed E-state index contributed by atoms with van der Waals surface area (Å²) < 4.78 is 0. The summed E-state index contributed by atoms with van der Waals surface area (Å²) in [7, 11) is 0. The van der Waals surface area contributed by atoms with Crippen LogP contribution in [-0.2, 0) is 4.79 Å². The summed E-state index contributed by atoms with van der Waals surface area (Å²) >= 11 is 0. The smallest absolute Gasteiger partial charge is 0.321 e. The maximum absolute atomic E-state index is 11.5. The molecule has 0 aromatic carbocycles. The van der Waals surface area contributed by atoms with Gasteiger partial charge in [-0.15, -0.1) is 0 Å². The van der Waals surface area contributed by atoms with E-state index in [-0.39, 0.29) is 6.04 Å². The summed E-state index contributed by atoms with van der Waals surface area (Å²) in [6.07, 6.45) is 11.1. The molecule has 4 saturated carbocycles. The highest BCUT2D eigenvalue weighted by molar-refractivity contribution is 5.74. The van der Waals surface area contributed by atoms with Crippen molar-refractivity contribution in [2.75, 3.05) is 13.1 Å². The van der Waals surface area contributed by atoms with Gasteiger partial charge in [-0.25, -0.2) is 0 Å². The van der Waals surface area contributed by atoms with Gasteiger partial charge in [0, 0.05) is 0 Å². The van der Waals surface area contributed by atoms with Crippen molar-refractivity contribution in [1.29, 1.82) is 0 Å². The molecule has 0 radical (unpaired) electrons. The second-order valence-electron chi connectivity index (χ2n) is 8.75. The molecule has 21 heavy (non-hydrogen) atoms. The van der Waals surface area contributed by atoms with Crippen LogP contribution in [0.5, 0.6) is 0 Å². The minimum Gasteiger partial charge on any atom is -0.480 e. The Labute approximate surface area is 128 Å². The highest BCUT2D eigenvalue weighted by atomic mass is 16.4. The predicted octanol–water partition coefficient (Wildman–Crippen LogP) is 3.39. The van der Waals surface area contributed by atoms with E-state index >= 15 is 0 Å². The molecule has 0 aromatic rings. The van der Waals surface area contributed by atoms with Gasteiger partial charge in [0.1, 0.15) is 6.04 Å².